The SMILES string of the molecule is O=C(Nc1cc(F)ccc1OCC1CCCO1)c1ccc(SC(F)F)cc1. The summed E-state index contributed by atoms with van der Waals surface area (Å²) < 4.78 is 49.5. The molecule has 0 radical (unpaired) electrons. The van der Waals surface area contributed by atoms with Crippen LogP contribution in [0, 0.1) is 5.82 Å². The third kappa shape index (κ3) is 5.64. The lowest BCUT2D eigenvalue weighted by atomic mass is 10.2. The van der Waals surface area contributed by atoms with Crippen LogP contribution in [0.25, 0.3) is 0 Å². The Morgan fingerprint density at radius 1 is 1.26 bits per heavy atom. The summed E-state index contributed by atoms with van der Waals surface area (Å²) in [7, 11) is 0. The zero-order chi connectivity index (χ0) is 19.2. The molecule has 0 bridgehead atoms. The number of carbonyl (C=O) groups is 1. The number of nitrogens with one attached hydrogen (secondary N) is 1. The maximum absolute atomic E-state index is 13.6. The molecule has 2 aromatic carbocycles. The lowest BCUT2D eigenvalue weighted by molar-refractivity contribution is 0.0681. The van der Waals surface area contributed by atoms with Gasteiger partial charge in [0, 0.05) is 23.1 Å². The summed E-state index contributed by atoms with van der Waals surface area (Å²) in [5.74, 6) is -3.19. The van der Waals surface area contributed by atoms with Gasteiger partial charge in [-0.15, -0.1) is 0 Å². The Hall–Kier alpha value is -2.19. The highest BCUT2D eigenvalue weighted by atomic mass is 32.2. The van der Waals surface area contributed by atoms with Gasteiger partial charge in [-0.05, 0) is 49.2 Å². The number of halogens is 3. The molecule has 1 saturated heterocycles. The fraction of sp³-hybridized carbons (Fsp3) is 0.316. The first-order valence-electron chi connectivity index (χ1n) is 8.41. The lowest BCUT2D eigenvalue weighted by Gasteiger charge is -2.15. The molecule has 1 heterocycles. The van der Waals surface area contributed by atoms with Crippen molar-refractivity contribution in [2.24, 2.45) is 0 Å². The number of carbonyl (C=O) groups excluding carboxylic acids is 1. The number of ether oxygens (including phenoxy) is 2. The lowest BCUT2D eigenvalue weighted by Crippen LogP contribution is -2.18. The predicted octanol–water partition coefficient (Wildman–Crippen LogP) is 4.95. The minimum atomic E-state index is -2.53. The molecule has 3 rings (SSSR count). The highest BCUT2D eigenvalue weighted by molar-refractivity contribution is 7.99. The van der Waals surface area contributed by atoms with Crippen LogP contribution in [0.2, 0.25) is 0 Å². The van der Waals surface area contributed by atoms with Gasteiger partial charge in [0.2, 0.25) is 0 Å². The molecule has 27 heavy (non-hydrogen) atoms. The molecule has 1 aliphatic heterocycles. The summed E-state index contributed by atoms with van der Waals surface area (Å²) in [5.41, 5.74) is 0.465. The van der Waals surface area contributed by atoms with Gasteiger partial charge in [-0.2, -0.15) is 8.78 Å². The summed E-state index contributed by atoms with van der Waals surface area (Å²) in [4.78, 5) is 12.8. The summed E-state index contributed by atoms with van der Waals surface area (Å²) in [5, 5.41) is 2.60. The van der Waals surface area contributed by atoms with Crippen LogP contribution in [0.1, 0.15) is 23.2 Å². The van der Waals surface area contributed by atoms with Crippen molar-refractivity contribution >= 4 is 23.4 Å². The predicted molar refractivity (Wildman–Crippen MR) is 97.1 cm³/mol. The second kappa shape index (κ2) is 9.14. The van der Waals surface area contributed by atoms with Gasteiger partial charge in [-0.25, -0.2) is 4.39 Å². The maximum atomic E-state index is 13.6. The number of amides is 1. The number of anilines is 1. The Morgan fingerprint density at radius 3 is 2.70 bits per heavy atom. The van der Waals surface area contributed by atoms with E-state index in [2.05, 4.69) is 5.32 Å². The highest BCUT2D eigenvalue weighted by Gasteiger charge is 2.18. The van der Waals surface area contributed by atoms with Gasteiger partial charge < -0.3 is 14.8 Å². The first kappa shape index (κ1) is 19.6. The van der Waals surface area contributed by atoms with E-state index in [4.69, 9.17) is 9.47 Å². The monoisotopic (exact) mass is 397 g/mol. The van der Waals surface area contributed by atoms with Crippen LogP contribution in [0.5, 0.6) is 5.75 Å². The molecule has 2 aromatic rings. The van der Waals surface area contributed by atoms with Crippen molar-refractivity contribution in [2.75, 3.05) is 18.5 Å². The normalized spacial score (nSPS) is 16.5. The zero-order valence-corrected chi connectivity index (χ0v) is 15.1. The Morgan fingerprint density at radius 2 is 2.04 bits per heavy atom. The fourth-order valence-corrected chi connectivity index (χ4v) is 3.17. The fourth-order valence-electron chi connectivity index (χ4n) is 2.67. The van der Waals surface area contributed by atoms with E-state index < -0.39 is 17.5 Å². The van der Waals surface area contributed by atoms with Gasteiger partial charge in [0.05, 0.1) is 11.8 Å². The molecule has 144 valence electrons. The molecule has 1 amide bonds. The Bertz CT molecular complexity index is 780. The molecule has 8 heteroatoms. The van der Waals surface area contributed by atoms with Crippen LogP contribution in [0.3, 0.4) is 0 Å². The molecular weight excluding hydrogens is 379 g/mol. The Kier molecular flexibility index (Phi) is 6.63. The van der Waals surface area contributed by atoms with Crippen molar-refractivity contribution in [1.29, 1.82) is 0 Å². The molecule has 0 spiro atoms. The molecule has 4 nitrogen and oxygen atoms in total. The minimum absolute atomic E-state index is 0.0153. The third-order valence-electron chi connectivity index (χ3n) is 3.98. The van der Waals surface area contributed by atoms with Crippen molar-refractivity contribution < 1.29 is 27.4 Å². The number of benzene rings is 2. The average molecular weight is 397 g/mol. The molecule has 1 aliphatic rings. The standard InChI is InChI=1S/C19H18F3NO3S/c20-13-5-8-17(26-11-14-2-1-9-25-14)16(10-13)23-18(24)12-3-6-15(7-4-12)27-19(21)22/h3-8,10,14,19H,1-2,9,11H2,(H,23,24). The topological polar surface area (TPSA) is 47.6 Å². The number of thioether (sulfide) groups is 1. The number of rotatable bonds is 7. The first-order chi connectivity index (χ1) is 13.0. The summed E-state index contributed by atoms with van der Waals surface area (Å²) in [6, 6.07) is 9.61. The molecule has 0 saturated carbocycles. The van der Waals surface area contributed by atoms with Crippen LogP contribution in [0.15, 0.2) is 47.4 Å². The van der Waals surface area contributed by atoms with Crippen LogP contribution in [-0.2, 0) is 4.74 Å². The summed E-state index contributed by atoms with van der Waals surface area (Å²) in [6.45, 7) is 1.01. The molecule has 0 aliphatic carbocycles. The van der Waals surface area contributed by atoms with Crippen molar-refractivity contribution in [3.05, 3.63) is 53.8 Å². The van der Waals surface area contributed by atoms with E-state index in [-0.39, 0.29) is 17.4 Å². The average Bonchev–Trinajstić information content (AvgIpc) is 3.14. The second-order valence-electron chi connectivity index (χ2n) is 5.94. The van der Waals surface area contributed by atoms with Gasteiger partial charge >= 0.3 is 0 Å². The molecule has 1 fully saturated rings. The number of alkyl halides is 2. The zero-order valence-electron chi connectivity index (χ0n) is 14.3. The Labute approximate surface area is 159 Å². The van der Waals surface area contributed by atoms with Crippen molar-refractivity contribution in [3.8, 4) is 5.75 Å². The molecule has 1 atom stereocenters. The molecule has 1 unspecified atom stereocenters. The van der Waals surface area contributed by atoms with Gasteiger partial charge in [0.1, 0.15) is 18.2 Å². The van der Waals surface area contributed by atoms with Gasteiger partial charge in [-0.3, -0.25) is 4.79 Å². The summed E-state index contributed by atoms with van der Waals surface area (Å²) >= 11 is 0.399. The van der Waals surface area contributed by atoms with E-state index >= 15 is 0 Å². The quantitative estimate of drug-likeness (QED) is 0.672. The number of hydrogen-bond acceptors (Lipinski definition) is 4. The Balaban J connectivity index is 1.67. The van der Waals surface area contributed by atoms with Crippen LogP contribution < -0.4 is 10.1 Å². The first-order valence-corrected chi connectivity index (χ1v) is 9.29. The van der Waals surface area contributed by atoms with E-state index in [0.29, 0.717) is 35.6 Å². The van der Waals surface area contributed by atoms with Crippen LogP contribution >= 0.6 is 11.8 Å². The van der Waals surface area contributed by atoms with Crippen molar-refractivity contribution in [1.82, 2.24) is 0 Å². The van der Waals surface area contributed by atoms with E-state index in [9.17, 15) is 18.0 Å². The second-order valence-corrected chi connectivity index (χ2v) is 7.01. The maximum Gasteiger partial charge on any atom is 0.288 e. The van der Waals surface area contributed by atoms with E-state index in [0.717, 1.165) is 12.8 Å². The van der Waals surface area contributed by atoms with Gasteiger partial charge in [-0.1, -0.05) is 11.8 Å². The summed E-state index contributed by atoms with van der Waals surface area (Å²) in [6.07, 6.45) is 1.85. The highest BCUT2D eigenvalue weighted by Crippen LogP contribution is 2.28. The van der Waals surface area contributed by atoms with Gasteiger partial charge in [0.15, 0.2) is 0 Å². The van der Waals surface area contributed by atoms with E-state index in [1.165, 1.54) is 42.5 Å². The third-order valence-corrected chi connectivity index (χ3v) is 4.70. The smallest absolute Gasteiger partial charge is 0.288 e. The largest absolute Gasteiger partial charge is 0.489 e. The van der Waals surface area contributed by atoms with Crippen molar-refractivity contribution in [2.45, 2.75) is 29.6 Å². The van der Waals surface area contributed by atoms with E-state index in [1.807, 2.05) is 0 Å². The van der Waals surface area contributed by atoms with Crippen molar-refractivity contribution in [3.63, 3.8) is 0 Å². The van der Waals surface area contributed by atoms with Gasteiger partial charge in [0.25, 0.3) is 11.7 Å². The molecular formula is C19H18F3NO3S. The molecule has 0 aromatic heterocycles. The number of hydrogen-bond donors (Lipinski definition) is 1. The van der Waals surface area contributed by atoms with Crippen LogP contribution in [0.4, 0.5) is 18.9 Å². The van der Waals surface area contributed by atoms with E-state index in [1.54, 1.807) is 0 Å². The molecule has 1 N–H and O–H groups in total. The van der Waals surface area contributed by atoms with Crippen LogP contribution in [-0.4, -0.2) is 31.0 Å². The minimum Gasteiger partial charge on any atom is -0.489 e.